The Morgan fingerprint density at radius 2 is 1.58 bits per heavy atom. The second kappa shape index (κ2) is 11.4. The van der Waals surface area contributed by atoms with Crippen molar-refractivity contribution < 1.29 is 19.1 Å². The standard InChI is InChI=1S/C24H27Cl2NO4/c1-16-12-22(10-11-23(16)26)31-15-24(29)27-19-6-2-17(3-7-19)13-20(28)14-30-21-8-4-18(25)5-9-21/h4-5,8-12,17,19H,2-3,6-7,13-15H2,1H3,(H,27,29). The van der Waals surface area contributed by atoms with Gasteiger partial charge >= 0.3 is 0 Å². The molecular formula is C24H27Cl2NO4. The first kappa shape index (κ1) is 23.4. The average molecular weight is 464 g/mol. The van der Waals surface area contributed by atoms with Crippen molar-refractivity contribution in [1.29, 1.82) is 0 Å². The van der Waals surface area contributed by atoms with Gasteiger partial charge in [0.25, 0.3) is 5.91 Å². The van der Waals surface area contributed by atoms with Gasteiger partial charge in [-0.1, -0.05) is 23.2 Å². The number of hydrogen-bond acceptors (Lipinski definition) is 4. The Kier molecular flexibility index (Phi) is 8.61. The number of ether oxygens (including phenoxy) is 2. The molecule has 1 amide bonds. The summed E-state index contributed by atoms with van der Waals surface area (Å²) in [4.78, 5) is 24.4. The van der Waals surface area contributed by atoms with Crippen molar-refractivity contribution in [2.45, 2.75) is 45.1 Å². The lowest BCUT2D eigenvalue weighted by molar-refractivity contribution is -0.125. The van der Waals surface area contributed by atoms with Gasteiger partial charge in [0, 0.05) is 22.5 Å². The van der Waals surface area contributed by atoms with E-state index in [1.54, 1.807) is 36.4 Å². The van der Waals surface area contributed by atoms with E-state index in [4.69, 9.17) is 32.7 Å². The van der Waals surface area contributed by atoms with Gasteiger partial charge in [0.15, 0.2) is 12.4 Å². The van der Waals surface area contributed by atoms with E-state index in [0.29, 0.717) is 33.9 Å². The van der Waals surface area contributed by atoms with E-state index in [-0.39, 0.29) is 30.9 Å². The van der Waals surface area contributed by atoms with Gasteiger partial charge in [0.05, 0.1) is 0 Å². The molecule has 0 spiro atoms. The van der Waals surface area contributed by atoms with E-state index in [9.17, 15) is 9.59 Å². The number of aryl methyl sites for hydroxylation is 1. The lowest BCUT2D eigenvalue weighted by Crippen LogP contribution is -2.40. The first-order valence-electron chi connectivity index (χ1n) is 10.5. The van der Waals surface area contributed by atoms with Crippen LogP contribution in [-0.2, 0) is 9.59 Å². The molecule has 0 atom stereocenters. The molecule has 1 aliphatic carbocycles. The minimum absolute atomic E-state index is 0.0263. The highest BCUT2D eigenvalue weighted by molar-refractivity contribution is 6.31. The zero-order chi connectivity index (χ0) is 22.2. The van der Waals surface area contributed by atoms with Crippen LogP contribution in [0.2, 0.25) is 10.0 Å². The molecule has 0 radical (unpaired) electrons. The maximum Gasteiger partial charge on any atom is 0.258 e. The third kappa shape index (κ3) is 7.75. The predicted molar refractivity (Wildman–Crippen MR) is 122 cm³/mol. The normalized spacial score (nSPS) is 18.3. The van der Waals surface area contributed by atoms with Gasteiger partial charge in [-0.25, -0.2) is 0 Å². The molecule has 2 aromatic rings. The fourth-order valence-corrected chi connectivity index (χ4v) is 3.96. The summed E-state index contributed by atoms with van der Waals surface area (Å²) in [7, 11) is 0. The number of ketones is 1. The summed E-state index contributed by atoms with van der Waals surface area (Å²) in [5, 5.41) is 4.33. The molecule has 1 aliphatic rings. The number of carbonyl (C=O) groups excluding carboxylic acids is 2. The number of hydrogen-bond donors (Lipinski definition) is 1. The molecule has 5 nitrogen and oxygen atoms in total. The second-order valence-corrected chi connectivity index (χ2v) is 8.81. The minimum atomic E-state index is -0.136. The number of nitrogens with one attached hydrogen (secondary N) is 1. The molecule has 2 aromatic carbocycles. The Bertz CT molecular complexity index is 893. The number of Topliss-reactive ketones (excluding diaryl/α,β-unsaturated/α-hetero) is 1. The molecule has 1 saturated carbocycles. The van der Waals surface area contributed by atoms with E-state index < -0.39 is 0 Å². The fraction of sp³-hybridized carbons (Fsp3) is 0.417. The van der Waals surface area contributed by atoms with Crippen LogP contribution in [0.3, 0.4) is 0 Å². The highest BCUT2D eigenvalue weighted by Gasteiger charge is 2.24. The van der Waals surface area contributed by atoms with Crippen molar-refractivity contribution in [1.82, 2.24) is 5.32 Å². The van der Waals surface area contributed by atoms with Gasteiger partial charge in [-0.05, 0) is 86.6 Å². The molecule has 0 unspecified atom stereocenters. The van der Waals surface area contributed by atoms with Gasteiger partial charge in [0.1, 0.15) is 18.1 Å². The molecule has 3 rings (SSSR count). The van der Waals surface area contributed by atoms with Gasteiger partial charge < -0.3 is 14.8 Å². The SMILES string of the molecule is Cc1cc(OCC(=O)NC2CCC(CC(=O)COc3ccc(Cl)cc3)CC2)ccc1Cl. The molecule has 0 aromatic heterocycles. The van der Waals surface area contributed by atoms with Crippen LogP contribution in [0.5, 0.6) is 11.5 Å². The summed E-state index contributed by atoms with van der Waals surface area (Å²) in [6.07, 6.45) is 4.06. The van der Waals surface area contributed by atoms with E-state index >= 15 is 0 Å². The summed E-state index contributed by atoms with van der Waals surface area (Å²) in [6.45, 7) is 1.93. The zero-order valence-corrected chi connectivity index (χ0v) is 19.0. The van der Waals surface area contributed by atoms with E-state index in [1.165, 1.54) is 0 Å². The van der Waals surface area contributed by atoms with Gasteiger partial charge in [0.2, 0.25) is 0 Å². The third-order valence-electron chi connectivity index (χ3n) is 5.44. The van der Waals surface area contributed by atoms with E-state index in [2.05, 4.69) is 5.32 Å². The van der Waals surface area contributed by atoms with Crippen LogP contribution in [0.1, 0.15) is 37.7 Å². The molecule has 0 heterocycles. The van der Waals surface area contributed by atoms with Crippen molar-refractivity contribution in [2.75, 3.05) is 13.2 Å². The van der Waals surface area contributed by atoms with Crippen molar-refractivity contribution in [3.05, 3.63) is 58.1 Å². The van der Waals surface area contributed by atoms with Crippen LogP contribution in [0.25, 0.3) is 0 Å². The molecule has 7 heteroatoms. The zero-order valence-electron chi connectivity index (χ0n) is 17.5. The Labute approximate surface area is 193 Å². The van der Waals surface area contributed by atoms with Crippen LogP contribution in [0.15, 0.2) is 42.5 Å². The number of halogens is 2. The Hall–Kier alpha value is -2.24. The predicted octanol–water partition coefficient (Wildman–Crippen LogP) is 5.39. The topological polar surface area (TPSA) is 64.6 Å². The van der Waals surface area contributed by atoms with Crippen molar-refractivity contribution in [3.63, 3.8) is 0 Å². The number of amides is 1. The summed E-state index contributed by atoms with van der Waals surface area (Å²) >= 11 is 11.8. The third-order valence-corrected chi connectivity index (χ3v) is 6.12. The number of benzene rings is 2. The average Bonchev–Trinajstić information content (AvgIpc) is 2.75. The summed E-state index contributed by atoms with van der Waals surface area (Å²) < 4.78 is 11.1. The van der Waals surface area contributed by atoms with Crippen molar-refractivity contribution in [2.24, 2.45) is 5.92 Å². The quantitative estimate of drug-likeness (QED) is 0.540. The molecule has 166 valence electrons. The Morgan fingerprint density at radius 1 is 0.935 bits per heavy atom. The second-order valence-electron chi connectivity index (χ2n) is 7.97. The van der Waals surface area contributed by atoms with Crippen LogP contribution in [0, 0.1) is 12.8 Å². The highest BCUT2D eigenvalue weighted by Crippen LogP contribution is 2.27. The summed E-state index contributed by atoms with van der Waals surface area (Å²) in [5.41, 5.74) is 0.908. The molecular weight excluding hydrogens is 437 g/mol. The van der Waals surface area contributed by atoms with Crippen LogP contribution >= 0.6 is 23.2 Å². The smallest absolute Gasteiger partial charge is 0.258 e. The minimum Gasteiger partial charge on any atom is -0.486 e. The van der Waals surface area contributed by atoms with Crippen LogP contribution in [0.4, 0.5) is 0 Å². The van der Waals surface area contributed by atoms with Gasteiger partial charge in [-0.2, -0.15) is 0 Å². The Balaban J connectivity index is 1.32. The molecule has 1 fully saturated rings. The highest BCUT2D eigenvalue weighted by atomic mass is 35.5. The van der Waals surface area contributed by atoms with Crippen LogP contribution in [-0.4, -0.2) is 30.9 Å². The summed E-state index contributed by atoms with van der Waals surface area (Å²) in [6, 6.07) is 12.4. The monoisotopic (exact) mass is 463 g/mol. The number of carbonyl (C=O) groups is 2. The van der Waals surface area contributed by atoms with Crippen molar-refractivity contribution in [3.8, 4) is 11.5 Å². The lowest BCUT2D eigenvalue weighted by atomic mass is 9.83. The van der Waals surface area contributed by atoms with Crippen molar-refractivity contribution >= 4 is 34.9 Å². The first-order valence-corrected chi connectivity index (χ1v) is 11.2. The molecule has 31 heavy (non-hydrogen) atoms. The molecule has 0 saturated heterocycles. The van der Waals surface area contributed by atoms with Crippen LogP contribution < -0.4 is 14.8 Å². The lowest BCUT2D eigenvalue weighted by Gasteiger charge is -2.28. The number of rotatable bonds is 9. The first-order chi connectivity index (χ1) is 14.9. The molecule has 0 aliphatic heterocycles. The summed E-state index contributed by atoms with van der Waals surface area (Å²) in [5.74, 6) is 1.56. The fourth-order valence-electron chi connectivity index (χ4n) is 3.71. The van der Waals surface area contributed by atoms with E-state index in [1.807, 2.05) is 13.0 Å². The molecule has 1 N–H and O–H groups in total. The largest absolute Gasteiger partial charge is 0.486 e. The van der Waals surface area contributed by atoms with E-state index in [0.717, 1.165) is 31.2 Å². The maximum absolute atomic E-state index is 12.2. The Morgan fingerprint density at radius 3 is 2.26 bits per heavy atom. The maximum atomic E-state index is 12.2. The van der Waals surface area contributed by atoms with Gasteiger partial charge in [-0.15, -0.1) is 0 Å². The van der Waals surface area contributed by atoms with Gasteiger partial charge in [-0.3, -0.25) is 9.59 Å². The molecule has 0 bridgehead atoms.